The number of phosphoric acid groups is 2. The molecule has 0 radical (unpaired) electrons. The number of aliphatic hydroxyl groups is 2. The molecule has 0 aromatic carbocycles. The number of carbonyl (C=O) groups is 3. The third-order valence-corrected chi connectivity index (χ3v) is 18.2. The Hall–Kier alpha value is -4.31. The van der Waals surface area contributed by atoms with Crippen LogP contribution in [0.15, 0.2) is 134 Å². The second-order valence-electron chi connectivity index (χ2n) is 26.1. The molecule has 5 unspecified atom stereocenters. The molecule has 0 bridgehead atoms. The van der Waals surface area contributed by atoms with Crippen molar-refractivity contribution in [3.8, 4) is 0 Å². The first-order valence-corrected chi connectivity index (χ1v) is 42.5. The molecular formula is C83H142O16P2. The second kappa shape index (κ2) is 75.4. The Bertz CT molecular complexity index is 2370. The van der Waals surface area contributed by atoms with Gasteiger partial charge < -0.3 is 34.2 Å². The maximum Gasteiger partial charge on any atom is 0.472 e. The van der Waals surface area contributed by atoms with Crippen LogP contribution in [0.2, 0.25) is 0 Å². The van der Waals surface area contributed by atoms with Gasteiger partial charge in [0.1, 0.15) is 25.4 Å². The normalized spacial score (nSPS) is 14.7. The third kappa shape index (κ3) is 76.6. The zero-order valence-corrected chi connectivity index (χ0v) is 65.1. The molecule has 580 valence electrons. The van der Waals surface area contributed by atoms with Gasteiger partial charge in [-0.05, 0) is 128 Å². The summed E-state index contributed by atoms with van der Waals surface area (Å²) in [6.07, 6.45) is 91.0. The Morgan fingerprint density at radius 2 is 0.535 bits per heavy atom. The molecule has 0 fully saturated rings. The van der Waals surface area contributed by atoms with Crippen LogP contribution in [-0.4, -0.2) is 95.9 Å². The predicted octanol–water partition coefficient (Wildman–Crippen LogP) is 23.1. The maximum atomic E-state index is 12.9. The van der Waals surface area contributed by atoms with Crippen LogP contribution in [0.25, 0.3) is 0 Å². The van der Waals surface area contributed by atoms with Crippen molar-refractivity contribution < 1.29 is 75.8 Å². The van der Waals surface area contributed by atoms with Crippen molar-refractivity contribution >= 4 is 33.6 Å². The summed E-state index contributed by atoms with van der Waals surface area (Å²) < 4.78 is 61.0. The predicted molar refractivity (Wildman–Crippen MR) is 417 cm³/mol. The van der Waals surface area contributed by atoms with E-state index in [-0.39, 0.29) is 19.3 Å². The Balaban J connectivity index is 4.45. The summed E-state index contributed by atoms with van der Waals surface area (Å²) in [4.78, 5) is 58.5. The van der Waals surface area contributed by atoms with Gasteiger partial charge in [0, 0.05) is 19.3 Å². The number of aliphatic hydroxyl groups excluding tert-OH is 2. The van der Waals surface area contributed by atoms with Gasteiger partial charge >= 0.3 is 33.6 Å². The monoisotopic (exact) mass is 1460 g/mol. The van der Waals surface area contributed by atoms with Gasteiger partial charge in [0.05, 0.1) is 26.4 Å². The SMILES string of the molecule is CC/C=C\C/C=C\C/C=C\C/C=C\C/C=C\CCCCCCCCCCCCCCCCCCCC(=O)OCC(O)COP(=O)(O)OCC(O)COP(=O)(O)OCC(COC(=O)CCC/C=C\C/C=C\C/C=C\C/C=C\C/C=C\CC)OC(=O)CCCCCCC/C=C\CCCCCCCC. The number of ether oxygens (including phenoxy) is 3. The zero-order chi connectivity index (χ0) is 73.7. The van der Waals surface area contributed by atoms with Crippen molar-refractivity contribution in [1.29, 1.82) is 0 Å². The maximum absolute atomic E-state index is 12.9. The molecule has 0 spiro atoms. The average molecular weight is 1460 g/mol. The number of unbranched alkanes of at least 4 members (excludes halogenated alkanes) is 29. The Kier molecular flexibility index (Phi) is 72.2. The lowest BCUT2D eigenvalue weighted by Gasteiger charge is -2.21. The average Bonchev–Trinajstić information content (AvgIpc) is 1.12. The molecule has 0 saturated heterocycles. The highest BCUT2D eigenvalue weighted by molar-refractivity contribution is 7.47. The van der Waals surface area contributed by atoms with Gasteiger partial charge in [0.15, 0.2) is 6.10 Å². The van der Waals surface area contributed by atoms with Gasteiger partial charge in [0.25, 0.3) is 0 Å². The van der Waals surface area contributed by atoms with E-state index in [0.29, 0.717) is 25.7 Å². The first-order valence-electron chi connectivity index (χ1n) is 39.5. The van der Waals surface area contributed by atoms with Crippen molar-refractivity contribution in [1.82, 2.24) is 0 Å². The highest BCUT2D eigenvalue weighted by Crippen LogP contribution is 2.45. The fraction of sp³-hybridized carbons (Fsp3) is 0.699. The van der Waals surface area contributed by atoms with E-state index in [1.807, 2.05) is 12.2 Å². The van der Waals surface area contributed by atoms with E-state index in [4.69, 9.17) is 32.3 Å². The van der Waals surface area contributed by atoms with E-state index >= 15 is 0 Å². The lowest BCUT2D eigenvalue weighted by molar-refractivity contribution is -0.161. The minimum Gasteiger partial charge on any atom is -0.463 e. The van der Waals surface area contributed by atoms with E-state index in [1.165, 1.54) is 128 Å². The highest BCUT2D eigenvalue weighted by Gasteiger charge is 2.29. The van der Waals surface area contributed by atoms with E-state index in [0.717, 1.165) is 122 Å². The summed E-state index contributed by atoms with van der Waals surface area (Å²) in [6.45, 7) is 2.38. The van der Waals surface area contributed by atoms with Crippen molar-refractivity contribution in [2.45, 2.75) is 334 Å². The lowest BCUT2D eigenvalue weighted by Crippen LogP contribution is -2.30. The van der Waals surface area contributed by atoms with Crippen molar-refractivity contribution in [2.24, 2.45) is 0 Å². The molecule has 4 N–H and O–H groups in total. The molecule has 0 aliphatic heterocycles. The number of rotatable bonds is 74. The summed E-state index contributed by atoms with van der Waals surface area (Å²) in [5.41, 5.74) is 0. The van der Waals surface area contributed by atoms with Crippen LogP contribution in [0.1, 0.15) is 316 Å². The third-order valence-electron chi connectivity index (χ3n) is 16.3. The van der Waals surface area contributed by atoms with Crippen LogP contribution in [0.3, 0.4) is 0 Å². The van der Waals surface area contributed by atoms with Crippen LogP contribution in [0.4, 0.5) is 0 Å². The molecule has 0 aromatic rings. The quantitative estimate of drug-likeness (QED) is 0.0146. The molecule has 5 atom stereocenters. The molecule has 0 aliphatic rings. The zero-order valence-electron chi connectivity index (χ0n) is 63.3. The summed E-state index contributed by atoms with van der Waals surface area (Å²) in [7, 11) is -9.80. The summed E-state index contributed by atoms with van der Waals surface area (Å²) in [6, 6.07) is 0. The lowest BCUT2D eigenvalue weighted by atomic mass is 10.0. The smallest absolute Gasteiger partial charge is 0.463 e. The molecule has 0 aliphatic carbocycles. The van der Waals surface area contributed by atoms with Gasteiger partial charge in [-0.15, -0.1) is 0 Å². The molecule has 101 heavy (non-hydrogen) atoms. The summed E-state index contributed by atoms with van der Waals surface area (Å²) >= 11 is 0. The fourth-order valence-corrected chi connectivity index (χ4v) is 12.0. The minimum absolute atomic E-state index is 0.0809. The van der Waals surface area contributed by atoms with Gasteiger partial charge in [-0.25, -0.2) is 9.13 Å². The Morgan fingerprint density at radius 1 is 0.287 bits per heavy atom. The van der Waals surface area contributed by atoms with Crippen LogP contribution in [0.5, 0.6) is 0 Å². The molecule has 0 heterocycles. The first kappa shape index (κ1) is 96.7. The highest BCUT2D eigenvalue weighted by atomic mass is 31.2. The van der Waals surface area contributed by atoms with Crippen LogP contribution in [0, 0.1) is 0 Å². The van der Waals surface area contributed by atoms with Crippen LogP contribution in [-0.2, 0) is 55.8 Å². The van der Waals surface area contributed by atoms with Gasteiger partial charge in [-0.1, -0.05) is 302 Å². The number of esters is 3. The molecule has 0 saturated carbocycles. The molecular weight excluding hydrogens is 1310 g/mol. The second-order valence-corrected chi connectivity index (χ2v) is 29.0. The van der Waals surface area contributed by atoms with Gasteiger partial charge in [-0.3, -0.25) is 32.5 Å². The van der Waals surface area contributed by atoms with E-state index in [2.05, 4.69) is 142 Å². The van der Waals surface area contributed by atoms with Crippen molar-refractivity contribution in [3.05, 3.63) is 134 Å². The van der Waals surface area contributed by atoms with E-state index in [9.17, 15) is 43.5 Å². The largest absolute Gasteiger partial charge is 0.472 e. The molecule has 16 nitrogen and oxygen atoms in total. The number of allylic oxidation sites excluding steroid dienone is 22. The fourth-order valence-electron chi connectivity index (χ4n) is 10.4. The number of hydrogen-bond acceptors (Lipinski definition) is 14. The van der Waals surface area contributed by atoms with E-state index in [1.54, 1.807) is 0 Å². The number of hydrogen-bond donors (Lipinski definition) is 4. The molecule has 18 heteroatoms. The number of phosphoric ester groups is 2. The Morgan fingerprint density at radius 3 is 0.881 bits per heavy atom. The molecule has 0 aromatic heterocycles. The van der Waals surface area contributed by atoms with Crippen LogP contribution >= 0.6 is 15.6 Å². The molecule has 0 amide bonds. The van der Waals surface area contributed by atoms with Crippen molar-refractivity contribution in [3.63, 3.8) is 0 Å². The van der Waals surface area contributed by atoms with E-state index < -0.39 is 91.5 Å². The topological polar surface area (TPSA) is 231 Å². The summed E-state index contributed by atoms with van der Waals surface area (Å²) in [5, 5.41) is 20.6. The van der Waals surface area contributed by atoms with Crippen molar-refractivity contribution in [2.75, 3.05) is 39.6 Å². The Labute approximate surface area is 614 Å². The van der Waals surface area contributed by atoms with Gasteiger partial charge in [-0.2, -0.15) is 0 Å². The first-order chi connectivity index (χ1) is 49.2. The summed E-state index contributed by atoms with van der Waals surface area (Å²) in [5.74, 6) is -1.65. The van der Waals surface area contributed by atoms with Crippen LogP contribution < -0.4 is 0 Å². The number of carbonyl (C=O) groups excluding carboxylic acids is 3. The minimum atomic E-state index is -4.94. The molecule has 0 rings (SSSR count). The standard InChI is InChI=1S/C83H142O16P2/c1-4-7-10-13-16-19-22-25-28-30-31-32-33-34-35-36-37-38-39-40-41-42-43-44-45-47-50-51-54-57-60-63-66-69-81(86)93-72-78(84)73-95-100(89,90)96-74-79(85)75-97-101(91,92)98-77-80(99-83(88)71-68-65-62-59-56-53-48-27-24-21-18-15-12-9-6-3)76-94-82(87)70-67-64-61-58-55-52-49-46-29-26-23-20-17-14-11-8-5-2/h7-8,10-11,16-17,19-20,25-29,31-32,34-35,48-49,52,58,61,78-80,84-85H,4-6,9,12-15,18,21-24,30,33,36-47,50-51,53-57,59-60,62-77H2,1-3H3,(H,89,90)(H,91,92)/b10-7-,11-8-,19-16-,20-17-,28-25-,29-26-,32-31-,35-34-,48-27-,52-49-,61-58-. The van der Waals surface area contributed by atoms with Gasteiger partial charge in [0.2, 0.25) is 0 Å².